The van der Waals surface area contributed by atoms with E-state index in [1.165, 1.54) is 0 Å². The van der Waals surface area contributed by atoms with Crippen molar-refractivity contribution in [3.8, 4) is 22.8 Å². The fourth-order valence-electron chi connectivity index (χ4n) is 4.11. The maximum Gasteiger partial charge on any atom is 0.261 e. The van der Waals surface area contributed by atoms with Crippen LogP contribution in [0, 0.1) is 5.92 Å². The van der Waals surface area contributed by atoms with Crippen LogP contribution in [0.2, 0.25) is 0 Å². The smallest absolute Gasteiger partial charge is 0.261 e. The molecule has 5 N–H and O–H groups in total. The molecule has 1 aliphatic rings. The standard InChI is InChI=1S/C23H27N9O2/c1-22(2,33)12-32-11-13(8-28-32)20-30-21(31-34-20)23(3,14-4-5-14)15-6-7-16(26-9-15)17-10-27-18(24)19(25)29-17/h6-11,14,33H,4-5,12H2,1-3H3,(H2,24,27)(H2,25,29)/t23-/m1/s1. The van der Waals surface area contributed by atoms with E-state index in [9.17, 15) is 5.11 Å². The zero-order valence-corrected chi connectivity index (χ0v) is 19.3. The van der Waals surface area contributed by atoms with Crippen LogP contribution in [0.4, 0.5) is 11.6 Å². The lowest BCUT2D eigenvalue weighted by molar-refractivity contribution is 0.0577. The van der Waals surface area contributed by atoms with Crippen molar-refractivity contribution in [2.45, 2.75) is 51.2 Å². The molecule has 4 aromatic heterocycles. The minimum Gasteiger partial charge on any atom is -0.389 e. The topological polar surface area (TPSA) is 168 Å². The summed E-state index contributed by atoms with van der Waals surface area (Å²) in [5.74, 6) is 1.75. The maximum absolute atomic E-state index is 10.0. The molecule has 0 aromatic carbocycles. The van der Waals surface area contributed by atoms with Gasteiger partial charge in [0.25, 0.3) is 5.89 Å². The van der Waals surface area contributed by atoms with Gasteiger partial charge in [-0.25, -0.2) is 9.97 Å². The Morgan fingerprint density at radius 1 is 1.03 bits per heavy atom. The summed E-state index contributed by atoms with van der Waals surface area (Å²) in [6.45, 7) is 5.94. The predicted octanol–water partition coefficient (Wildman–Crippen LogP) is 2.44. The molecule has 11 nitrogen and oxygen atoms in total. The van der Waals surface area contributed by atoms with E-state index in [1.54, 1.807) is 37.1 Å². The van der Waals surface area contributed by atoms with Gasteiger partial charge >= 0.3 is 0 Å². The highest BCUT2D eigenvalue weighted by atomic mass is 16.5. The summed E-state index contributed by atoms with van der Waals surface area (Å²) in [5.41, 5.74) is 13.0. The molecule has 0 spiro atoms. The minimum absolute atomic E-state index is 0.177. The van der Waals surface area contributed by atoms with Gasteiger partial charge in [-0.3, -0.25) is 9.67 Å². The number of nitrogens with two attached hydrogens (primary N) is 2. The molecule has 1 saturated carbocycles. The van der Waals surface area contributed by atoms with Gasteiger partial charge in [-0.05, 0) is 51.2 Å². The average Bonchev–Trinajstić information content (AvgIpc) is 3.36. The molecule has 0 bridgehead atoms. The second kappa shape index (κ2) is 7.87. The zero-order chi connectivity index (χ0) is 24.1. The fraction of sp³-hybridized carbons (Fsp3) is 0.391. The molecular weight excluding hydrogens is 434 g/mol. The molecule has 0 aliphatic heterocycles. The highest BCUT2D eigenvalue weighted by Gasteiger charge is 2.47. The first kappa shape index (κ1) is 22.0. The molecule has 0 saturated heterocycles. The lowest BCUT2D eigenvalue weighted by Crippen LogP contribution is -2.28. The molecular formula is C23H27N9O2. The van der Waals surface area contributed by atoms with Crippen molar-refractivity contribution in [2.24, 2.45) is 5.92 Å². The van der Waals surface area contributed by atoms with Crippen LogP contribution in [0.5, 0.6) is 0 Å². The molecule has 1 atom stereocenters. The molecule has 0 amide bonds. The van der Waals surface area contributed by atoms with Gasteiger partial charge in [0, 0.05) is 12.4 Å². The summed E-state index contributed by atoms with van der Waals surface area (Å²) in [6, 6.07) is 3.89. The Bertz CT molecular complexity index is 1320. The summed E-state index contributed by atoms with van der Waals surface area (Å²) in [4.78, 5) is 17.7. The van der Waals surface area contributed by atoms with Crippen molar-refractivity contribution in [3.63, 3.8) is 0 Å². The van der Waals surface area contributed by atoms with Gasteiger partial charge in [0.05, 0.1) is 41.2 Å². The molecule has 0 unspecified atom stereocenters. The van der Waals surface area contributed by atoms with Crippen molar-refractivity contribution in [3.05, 3.63) is 48.3 Å². The number of hydrogen-bond donors (Lipinski definition) is 3. The highest BCUT2D eigenvalue weighted by molar-refractivity contribution is 5.61. The third kappa shape index (κ3) is 4.10. The fourth-order valence-corrected chi connectivity index (χ4v) is 4.11. The predicted molar refractivity (Wildman–Crippen MR) is 125 cm³/mol. The van der Waals surface area contributed by atoms with Gasteiger partial charge in [0.2, 0.25) is 0 Å². The molecule has 1 aliphatic carbocycles. The SMILES string of the molecule is CC(C)(O)Cn1cc(-c2nc([C@@](C)(c3ccc(-c4cnc(N)c(N)n4)nc3)C3CC3)no2)cn1. The van der Waals surface area contributed by atoms with Crippen molar-refractivity contribution in [2.75, 3.05) is 11.5 Å². The Kier molecular flexibility index (Phi) is 5.08. The van der Waals surface area contributed by atoms with Crippen LogP contribution in [0.15, 0.2) is 41.4 Å². The van der Waals surface area contributed by atoms with E-state index in [0.29, 0.717) is 41.1 Å². The van der Waals surface area contributed by atoms with Crippen LogP contribution < -0.4 is 11.5 Å². The number of nitrogens with zero attached hydrogens (tertiary/aromatic N) is 7. The lowest BCUT2D eigenvalue weighted by atomic mass is 9.77. The van der Waals surface area contributed by atoms with Crippen LogP contribution in [-0.2, 0) is 12.0 Å². The van der Waals surface area contributed by atoms with E-state index in [4.69, 9.17) is 21.0 Å². The van der Waals surface area contributed by atoms with Crippen LogP contribution in [0.25, 0.3) is 22.8 Å². The quantitative estimate of drug-likeness (QED) is 0.372. The molecule has 5 rings (SSSR count). The summed E-state index contributed by atoms with van der Waals surface area (Å²) < 4.78 is 7.28. The van der Waals surface area contributed by atoms with E-state index in [1.807, 2.05) is 18.3 Å². The molecule has 1 fully saturated rings. The van der Waals surface area contributed by atoms with Gasteiger partial charge in [-0.1, -0.05) is 11.2 Å². The molecule has 4 aromatic rings. The monoisotopic (exact) mass is 461 g/mol. The van der Waals surface area contributed by atoms with Gasteiger partial charge in [-0.15, -0.1) is 0 Å². The second-order valence-electron chi connectivity index (χ2n) is 9.60. The highest BCUT2D eigenvalue weighted by Crippen LogP contribution is 2.50. The first-order chi connectivity index (χ1) is 16.1. The number of anilines is 2. The lowest BCUT2D eigenvalue weighted by Gasteiger charge is -2.26. The van der Waals surface area contributed by atoms with E-state index < -0.39 is 11.0 Å². The number of rotatable bonds is 7. The number of aliphatic hydroxyl groups is 1. The number of nitrogen functional groups attached to an aromatic ring is 2. The Labute approximate surface area is 196 Å². The molecule has 34 heavy (non-hydrogen) atoms. The van der Waals surface area contributed by atoms with Crippen LogP contribution in [-0.4, -0.2) is 45.6 Å². The van der Waals surface area contributed by atoms with Crippen molar-refractivity contribution < 1.29 is 9.63 Å². The van der Waals surface area contributed by atoms with Gasteiger partial charge in [-0.2, -0.15) is 10.1 Å². The average molecular weight is 462 g/mol. The maximum atomic E-state index is 10.0. The third-order valence-electron chi connectivity index (χ3n) is 6.17. The largest absolute Gasteiger partial charge is 0.389 e. The van der Waals surface area contributed by atoms with Crippen molar-refractivity contribution >= 4 is 11.6 Å². The Morgan fingerprint density at radius 3 is 2.47 bits per heavy atom. The summed E-state index contributed by atoms with van der Waals surface area (Å²) in [5, 5.41) is 18.7. The van der Waals surface area contributed by atoms with E-state index in [0.717, 1.165) is 18.4 Å². The van der Waals surface area contributed by atoms with Crippen molar-refractivity contribution in [1.82, 2.24) is 34.9 Å². The normalized spacial score (nSPS) is 15.9. The zero-order valence-electron chi connectivity index (χ0n) is 19.3. The van der Waals surface area contributed by atoms with Gasteiger partial charge < -0.3 is 21.1 Å². The molecule has 176 valence electrons. The molecule has 4 heterocycles. The van der Waals surface area contributed by atoms with E-state index in [2.05, 4.69) is 32.1 Å². The first-order valence-electron chi connectivity index (χ1n) is 11.1. The number of aromatic nitrogens is 7. The van der Waals surface area contributed by atoms with Crippen LogP contribution in [0.3, 0.4) is 0 Å². The van der Waals surface area contributed by atoms with E-state index >= 15 is 0 Å². The summed E-state index contributed by atoms with van der Waals surface area (Å²) in [6.07, 6.45) is 8.97. The van der Waals surface area contributed by atoms with Crippen molar-refractivity contribution in [1.29, 1.82) is 0 Å². The Hall–Kier alpha value is -3.86. The summed E-state index contributed by atoms with van der Waals surface area (Å²) >= 11 is 0. The third-order valence-corrected chi connectivity index (χ3v) is 6.17. The van der Waals surface area contributed by atoms with E-state index in [-0.39, 0.29) is 11.6 Å². The number of hydrogen-bond acceptors (Lipinski definition) is 10. The van der Waals surface area contributed by atoms with Crippen LogP contribution in [0.1, 0.15) is 45.0 Å². The Morgan fingerprint density at radius 2 is 1.82 bits per heavy atom. The Balaban J connectivity index is 1.44. The van der Waals surface area contributed by atoms with Gasteiger partial charge in [0.15, 0.2) is 17.5 Å². The summed E-state index contributed by atoms with van der Waals surface area (Å²) in [7, 11) is 0. The first-order valence-corrected chi connectivity index (χ1v) is 11.1. The van der Waals surface area contributed by atoms with Crippen LogP contribution >= 0.6 is 0 Å². The molecule has 0 radical (unpaired) electrons. The van der Waals surface area contributed by atoms with Gasteiger partial charge in [0.1, 0.15) is 5.69 Å². The molecule has 11 heteroatoms. The minimum atomic E-state index is -0.878. The second-order valence-corrected chi connectivity index (χ2v) is 9.60. The number of pyridine rings is 1.